The minimum absolute atomic E-state index is 0.146. The highest BCUT2D eigenvalue weighted by molar-refractivity contribution is 8.27. The number of carbonyl (C=O) groups excluding carboxylic acids is 1. The summed E-state index contributed by atoms with van der Waals surface area (Å²) in [6.07, 6.45) is 1.74. The lowest BCUT2D eigenvalue weighted by Crippen LogP contribution is -2.27. The van der Waals surface area contributed by atoms with Gasteiger partial charge in [0.2, 0.25) is 0 Å². The second-order valence-electron chi connectivity index (χ2n) is 4.52. The first-order chi connectivity index (χ1) is 10.6. The van der Waals surface area contributed by atoms with Gasteiger partial charge in [0.15, 0.2) is 4.32 Å². The highest BCUT2D eigenvalue weighted by Crippen LogP contribution is 2.36. The van der Waals surface area contributed by atoms with Crippen molar-refractivity contribution in [3.63, 3.8) is 0 Å². The molecule has 0 saturated carbocycles. The smallest absolute Gasteiger partial charge is 0.268 e. The van der Waals surface area contributed by atoms with E-state index in [4.69, 9.17) is 35.4 Å². The Bertz CT molecular complexity index is 790. The van der Waals surface area contributed by atoms with Crippen LogP contribution >= 0.6 is 47.2 Å². The number of halogens is 2. The van der Waals surface area contributed by atoms with Crippen molar-refractivity contribution in [3.05, 3.63) is 69.0 Å². The Kier molecular flexibility index (Phi) is 4.54. The number of rotatable bonds is 2. The first kappa shape index (κ1) is 15.6. The van der Waals surface area contributed by atoms with Crippen LogP contribution < -0.4 is 4.90 Å². The quantitative estimate of drug-likeness (QED) is 0.524. The van der Waals surface area contributed by atoms with Gasteiger partial charge in [-0.25, -0.2) is 0 Å². The second kappa shape index (κ2) is 6.42. The number of carbonyl (C=O) groups is 1. The third kappa shape index (κ3) is 3.06. The van der Waals surface area contributed by atoms with Gasteiger partial charge in [0.05, 0.1) is 10.6 Å². The highest BCUT2D eigenvalue weighted by Gasteiger charge is 2.33. The van der Waals surface area contributed by atoms with E-state index in [1.165, 1.54) is 16.7 Å². The monoisotopic (exact) mass is 365 g/mol. The fourth-order valence-corrected chi connectivity index (χ4v) is 3.78. The van der Waals surface area contributed by atoms with E-state index in [-0.39, 0.29) is 5.91 Å². The fourth-order valence-electron chi connectivity index (χ4n) is 2.03. The summed E-state index contributed by atoms with van der Waals surface area (Å²) in [4.78, 5) is 14.6. The summed E-state index contributed by atoms with van der Waals surface area (Å²) >= 11 is 18.6. The number of thiocarbonyl (C=S) groups is 1. The molecule has 6 heteroatoms. The van der Waals surface area contributed by atoms with E-state index in [9.17, 15) is 4.79 Å². The number of thioether (sulfide) groups is 1. The number of anilines is 1. The predicted octanol–water partition coefficient (Wildman–Crippen LogP) is 5.40. The van der Waals surface area contributed by atoms with Crippen molar-refractivity contribution in [3.8, 4) is 0 Å². The predicted molar refractivity (Wildman–Crippen MR) is 98.6 cm³/mol. The van der Waals surface area contributed by atoms with Crippen LogP contribution in [0.5, 0.6) is 0 Å². The zero-order valence-corrected chi connectivity index (χ0v) is 14.3. The van der Waals surface area contributed by atoms with E-state index in [1.54, 1.807) is 24.3 Å². The third-order valence-corrected chi connectivity index (χ3v) is 4.92. The summed E-state index contributed by atoms with van der Waals surface area (Å²) in [5, 5.41) is 1.05. The van der Waals surface area contributed by atoms with Gasteiger partial charge in [0.25, 0.3) is 5.91 Å². The van der Waals surface area contributed by atoms with Gasteiger partial charge >= 0.3 is 0 Å². The van der Waals surface area contributed by atoms with Gasteiger partial charge in [-0.15, -0.1) is 0 Å². The number of benzene rings is 2. The molecule has 1 aliphatic heterocycles. The molecule has 1 aliphatic rings. The lowest BCUT2D eigenvalue weighted by molar-refractivity contribution is -0.113. The molecule has 0 aliphatic carbocycles. The Morgan fingerprint density at radius 3 is 2.50 bits per heavy atom. The van der Waals surface area contributed by atoms with E-state index < -0.39 is 0 Å². The summed E-state index contributed by atoms with van der Waals surface area (Å²) in [7, 11) is 0. The molecule has 0 atom stereocenters. The van der Waals surface area contributed by atoms with Crippen LogP contribution in [0.15, 0.2) is 53.4 Å². The summed E-state index contributed by atoms with van der Waals surface area (Å²) in [6, 6.07) is 14.5. The number of nitrogens with zero attached hydrogens (tertiary/aromatic N) is 1. The van der Waals surface area contributed by atoms with Crippen molar-refractivity contribution >= 4 is 69.2 Å². The summed E-state index contributed by atoms with van der Waals surface area (Å²) < 4.78 is 0.507. The fraction of sp³-hybridized carbons (Fsp3) is 0. The Morgan fingerprint density at radius 2 is 1.82 bits per heavy atom. The van der Waals surface area contributed by atoms with Gasteiger partial charge in [-0.1, -0.05) is 71.4 Å². The molecule has 2 aromatic carbocycles. The van der Waals surface area contributed by atoms with Gasteiger partial charge in [0, 0.05) is 10.0 Å². The summed E-state index contributed by atoms with van der Waals surface area (Å²) in [6.45, 7) is 0. The molecule has 2 nitrogen and oxygen atoms in total. The number of amides is 1. The Balaban J connectivity index is 1.96. The number of hydrogen-bond acceptors (Lipinski definition) is 3. The number of hydrogen-bond donors (Lipinski definition) is 0. The van der Waals surface area contributed by atoms with Crippen LogP contribution in [0, 0.1) is 0 Å². The molecular formula is C16H9Cl2NOS2. The minimum atomic E-state index is -0.146. The molecule has 110 valence electrons. The lowest BCUT2D eigenvalue weighted by atomic mass is 10.2. The van der Waals surface area contributed by atoms with Gasteiger partial charge < -0.3 is 0 Å². The Labute approximate surface area is 147 Å². The minimum Gasteiger partial charge on any atom is -0.268 e. The van der Waals surface area contributed by atoms with Crippen LogP contribution in [0.1, 0.15) is 5.56 Å². The zero-order valence-electron chi connectivity index (χ0n) is 11.1. The molecule has 1 heterocycles. The van der Waals surface area contributed by atoms with E-state index in [1.807, 2.05) is 30.3 Å². The first-order valence-corrected chi connectivity index (χ1v) is 8.32. The van der Waals surface area contributed by atoms with Gasteiger partial charge in [-0.2, -0.15) is 0 Å². The molecule has 0 spiro atoms. The first-order valence-electron chi connectivity index (χ1n) is 6.34. The SMILES string of the molecule is O=C1/C(=C/c2ccc(Cl)cc2Cl)SC(=S)N1c1ccccc1. The maximum Gasteiger partial charge on any atom is 0.270 e. The standard InChI is InChI=1S/C16H9Cl2NOS2/c17-11-7-6-10(13(18)9-11)8-14-15(20)19(16(21)22-14)12-4-2-1-3-5-12/h1-9H/b14-8-. The lowest BCUT2D eigenvalue weighted by Gasteiger charge is -2.13. The van der Waals surface area contributed by atoms with Crippen LogP contribution in [0.25, 0.3) is 6.08 Å². The Morgan fingerprint density at radius 1 is 1.09 bits per heavy atom. The van der Waals surface area contributed by atoms with Crippen molar-refractivity contribution in [2.75, 3.05) is 4.90 Å². The van der Waals surface area contributed by atoms with E-state index in [0.29, 0.717) is 19.3 Å². The van der Waals surface area contributed by atoms with E-state index >= 15 is 0 Å². The highest BCUT2D eigenvalue weighted by atomic mass is 35.5. The maximum atomic E-state index is 12.6. The average Bonchev–Trinajstić information content (AvgIpc) is 2.77. The third-order valence-electron chi connectivity index (χ3n) is 3.06. The largest absolute Gasteiger partial charge is 0.270 e. The molecule has 1 fully saturated rings. The molecule has 0 bridgehead atoms. The maximum absolute atomic E-state index is 12.6. The molecule has 1 amide bonds. The summed E-state index contributed by atoms with van der Waals surface area (Å²) in [5.41, 5.74) is 1.50. The van der Waals surface area contributed by atoms with E-state index in [2.05, 4.69) is 0 Å². The zero-order chi connectivity index (χ0) is 15.7. The van der Waals surface area contributed by atoms with Gasteiger partial charge in [0.1, 0.15) is 0 Å². The van der Waals surface area contributed by atoms with Crippen molar-refractivity contribution < 1.29 is 4.79 Å². The van der Waals surface area contributed by atoms with Crippen LogP contribution in [0.3, 0.4) is 0 Å². The van der Waals surface area contributed by atoms with Crippen LogP contribution in [0.2, 0.25) is 10.0 Å². The molecular weight excluding hydrogens is 357 g/mol. The summed E-state index contributed by atoms with van der Waals surface area (Å²) in [5.74, 6) is -0.146. The normalized spacial score (nSPS) is 16.6. The van der Waals surface area contributed by atoms with E-state index in [0.717, 1.165) is 11.3 Å². The molecule has 0 radical (unpaired) electrons. The van der Waals surface area contributed by atoms with Crippen LogP contribution in [0.4, 0.5) is 5.69 Å². The molecule has 22 heavy (non-hydrogen) atoms. The van der Waals surface area contributed by atoms with Crippen LogP contribution in [-0.4, -0.2) is 10.2 Å². The average molecular weight is 366 g/mol. The number of para-hydroxylation sites is 1. The molecule has 0 aromatic heterocycles. The molecule has 0 N–H and O–H groups in total. The Hall–Kier alpha value is -1.33. The molecule has 0 unspecified atom stereocenters. The van der Waals surface area contributed by atoms with Gasteiger partial charge in [-0.05, 0) is 35.9 Å². The van der Waals surface area contributed by atoms with Gasteiger partial charge in [-0.3, -0.25) is 9.69 Å². The molecule has 2 aromatic rings. The van der Waals surface area contributed by atoms with Crippen molar-refractivity contribution in [1.29, 1.82) is 0 Å². The molecule has 1 saturated heterocycles. The topological polar surface area (TPSA) is 20.3 Å². The second-order valence-corrected chi connectivity index (χ2v) is 7.04. The van der Waals surface area contributed by atoms with Crippen LogP contribution in [-0.2, 0) is 4.79 Å². The molecule has 3 rings (SSSR count). The van der Waals surface area contributed by atoms with Crippen molar-refractivity contribution in [1.82, 2.24) is 0 Å². The van der Waals surface area contributed by atoms with Crippen molar-refractivity contribution in [2.45, 2.75) is 0 Å². The van der Waals surface area contributed by atoms with Crippen molar-refractivity contribution in [2.24, 2.45) is 0 Å².